The average Bonchev–Trinajstić information content (AvgIpc) is 1.41. The Hall–Kier alpha value is -7.51. The van der Waals surface area contributed by atoms with Crippen LogP contribution in [0.5, 0.6) is 0 Å². The van der Waals surface area contributed by atoms with E-state index in [-0.39, 0.29) is 162 Å². The molecule has 107 heavy (non-hydrogen) atoms. The second-order valence-corrected chi connectivity index (χ2v) is 30.0. The summed E-state index contributed by atoms with van der Waals surface area (Å²) in [6, 6.07) is 17.7. The molecule has 15 rings (SSSR count). The fraction of sp³-hybridized carbons (Fsp3) is 0.587. The number of hydrogen-bond acceptors (Lipinski definition) is 10. The Morgan fingerprint density at radius 1 is 0.439 bits per heavy atom. The third kappa shape index (κ3) is 20.5. The molecule has 584 valence electrons. The highest BCUT2D eigenvalue weighted by Crippen LogP contribution is 2.42. The predicted molar refractivity (Wildman–Crippen MR) is 366 cm³/mol. The number of rotatable bonds is 14. The lowest BCUT2D eigenvalue weighted by Gasteiger charge is -2.46. The van der Waals surface area contributed by atoms with Crippen LogP contribution in [0, 0.1) is 42.1 Å². The lowest BCUT2D eigenvalue weighted by Crippen LogP contribution is -2.60. The molecule has 6 aliphatic heterocycles. The van der Waals surface area contributed by atoms with Crippen molar-refractivity contribution in [1.29, 1.82) is 0 Å². The van der Waals surface area contributed by atoms with Crippen molar-refractivity contribution >= 4 is 35.9 Å². The number of amides is 3. The number of nitrogens with one attached hydrogen (secondary N) is 1. The number of nitrogens with zero attached hydrogens (tertiary/aromatic N) is 11. The molecule has 3 aromatic carbocycles. The quantitative estimate of drug-likeness (QED) is 0.104. The maximum Gasteiger partial charge on any atom is 0.435 e. The minimum atomic E-state index is -4.61. The molecule has 9 heterocycles. The molecule has 0 spiro atoms. The Morgan fingerprint density at radius 3 is 1.04 bits per heavy atom. The SMILES string of the molecule is Cc1nn(Cc2ccc(F)cc2)c2c1CCN(C(=O)CC1CCC(=O)CC1)C2.Cl.FC1(F)CNC1.O=C(CC1CCC(N2CC(F)(F)C2)CC1)N1CCc2c(C(F)(F)F)nn(Cc3ccc(F)cc3)c2C1.O=C(CC1CCC(N2CC(F)(F)C2)CC1)N1CCc2c(C(F)(F)F)nn(Cc3ccc(F)cc3)c2C1. The predicted octanol–water partition coefficient (Wildman–Crippen LogP) is 13.8. The highest BCUT2D eigenvalue weighted by atomic mass is 35.5. The lowest BCUT2D eigenvalue weighted by molar-refractivity contribution is -0.151. The van der Waals surface area contributed by atoms with Crippen LogP contribution in [0.25, 0.3) is 0 Å². The number of ketones is 1. The van der Waals surface area contributed by atoms with E-state index in [0.29, 0.717) is 79.4 Å². The highest BCUT2D eigenvalue weighted by Gasteiger charge is 2.49. The smallest absolute Gasteiger partial charge is 0.336 e. The summed E-state index contributed by atoms with van der Waals surface area (Å²) in [5.41, 5.74) is 4.60. The summed E-state index contributed by atoms with van der Waals surface area (Å²) in [5, 5.41) is 14.8. The van der Waals surface area contributed by atoms with Crippen molar-refractivity contribution < 1.29 is 85.0 Å². The fourth-order valence-electron chi connectivity index (χ4n) is 16.1. The van der Waals surface area contributed by atoms with Crippen molar-refractivity contribution in [2.45, 2.75) is 204 Å². The van der Waals surface area contributed by atoms with Gasteiger partial charge in [0.05, 0.1) is 101 Å². The number of likely N-dealkylation sites (tertiary alicyclic amines) is 2. The zero-order chi connectivity index (χ0) is 75.6. The van der Waals surface area contributed by atoms with Gasteiger partial charge in [-0.3, -0.25) is 43.0 Å². The summed E-state index contributed by atoms with van der Waals surface area (Å²) in [5.74, 6) is -7.78. The van der Waals surface area contributed by atoms with Crippen molar-refractivity contribution in [2.75, 3.05) is 58.9 Å². The number of Topliss-reactive ketones (excluding diaryl/α,β-unsaturated/α-hetero) is 1. The van der Waals surface area contributed by atoms with E-state index >= 15 is 0 Å². The van der Waals surface area contributed by atoms with E-state index in [9.17, 15) is 85.0 Å². The van der Waals surface area contributed by atoms with Crippen LogP contribution in [0.15, 0.2) is 72.8 Å². The molecule has 3 saturated carbocycles. The molecule has 0 unspecified atom stereocenters. The number of aromatic nitrogens is 6. The summed E-state index contributed by atoms with van der Waals surface area (Å²) in [6.07, 6.45) is 1.99. The van der Waals surface area contributed by atoms with Crippen LogP contribution in [-0.2, 0) is 90.1 Å². The van der Waals surface area contributed by atoms with Gasteiger partial charge in [-0.15, -0.1) is 12.4 Å². The first-order valence-electron chi connectivity index (χ1n) is 36.4. The molecule has 0 bridgehead atoms. The average molecular weight is 1540 g/mol. The number of alkyl halides is 12. The van der Waals surface area contributed by atoms with Gasteiger partial charge in [0.1, 0.15) is 23.2 Å². The van der Waals surface area contributed by atoms with Gasteiger partial charge in [0.2, 0.25) is 17.7 Å². The van der Waals surface area contributed by atoms with Gasteiger partial charge in [-0.2, -0.15) is 41.6 Å². The Bertz CT molecular complexity index is 3870. The molecule has 6 aromatic rings. The molecule has 3 amide bonds. The van der Waals surface area contributed by atoms with Crippen molar-refractivity contribution in [3.8, 4) is 0 Å². The number of fused-ring (bicyclic) bond motifs is 3. The van der Waals surface area contributed by atoms with Crippen LogP contribution in [0.3, 0.4) is 0 Å². The second-order valence-electron chi connectivity index (χ2n) is 30.0. The van der Waals surface area contributed by atoms with Crippen LogP contribution in [0.1, 0.15) is 164 Å². The van der Waals surface area contributed by atoms with Crippen molar-refractivity contribution in [3.63, 3.8) is 0 Å². The minimum absolute atomic E-state index is 0. The van der Waals surface area contributed by atoms with E-state index in [1.807, 2.05) is 26.3 Å². The molecule has 9 aliphatic rings. The van der Waals surface area contributed by atoms with Gasteiger partial charge in [0, 0.05) is 74.9 Å². The number of carbonyl (C=O) groups excluding carboxylic acids is 4. The first kappa shape index (κ1) is 80.5. The van der Waals surface area contributed by atoms with Crippen LogP contribution < -0.4 is 5.32 Å². The molecular weight excluding hydrogens is 1450 g/mol. The molecule has 0 atom stereocenters. The first-order chi connectivity index (χ1) is 50.2. The van der Waals surface area contributed by atoms with E-state index in [1.54, 1.807) is 21.9 Å². The zero-order valence-corrected chi connectivity index (χ0v) is 60.1. The van der Waals surface area contributed by atoms with Crippen LogP contribution >= 0.6 is 12.4 Å². The molecular formula is C75H88ClF15N12O4. The zero-order valence-electron chi connectivity index (χ0n) is 59.3. The van der Waals surface area contributed by atoms with Crippen LogP contribution in [0.4, 0.5) is 65.9 Å². The Labute approximate surface area is 616 Å². The standard InChI is InChI=1S/2C25H28F6N4O.C22H26FN3O2.C3H5F2N.ClH/c2*26-18-5-1-17(2-6-18)12-35-21-13-33(10-9-20(21)23(32-35)25(29,30)31)22(36)11-16-3-7-19(8-4-16)34-14-24(27,28)15-34;1-15-20-10-11-25(22(28)12-16-4-8-19(27)9-5-16)14-21(20)26(24-15)13-17-2-6-18(23)7-3-17;4-3(5)1-6-2-3;/h2*1-2,5-6,16,19H,3-4,7-15H2;2-3,6-7,16H,4-5,8-14H2,1H3;6H,1-2H2;1H. The van der Waals surface area contributed by atoms with E-state index in [4.69, 9.17) is 0 Å². The van der Waals surface area contributed by atoms with Crippen LogP contribution in [-0.4, -0.2) is 166 Å². The van der Waals surface area contributed by atoms with Crippen molar-refractivity contribution in [1.82, 2.24) is 59.2 Å². The molecule has 3 saturated heterocycles. The van der Waals surface area contributed by atoms with E-state index < -0.39 is 53.1 Å². The summed E-state index contributed by atoms with van der Waals surface area (Å²) >= 11 is 0. The third-order valence-electron chi connectivity index (χ3n) is 22.2. The maximum absolute atomic E-state index is 13.7. The molecule has 32 heteroatoms. The molecule has 6 fully saturated rings. The van der Waals surface area contributed by atoms with Crippen LogP contribution in [0.2, 0.25) is 0 Å². The largest absolute Gasteiger partial charge is 0.435 e. The van der Waals surface area contributed by atoms with Gasteiger partial charge in [-0.1, -0.05) is 36.4 Å². The minimum Gasteiger partial charge on any atom is -0.336 e. The highest BCUT2D eigenvalue weighted by molar-refractivity contribution is 5.85. The Morgan fingerprint density at radius 2 is 0.738 bits per heavy atom. The lowest BCUT2D eigenvalue weighted by atomic mass is 9.82. The molecule has 3 aliphatic carbocycles. The number of halogens is 16. The Kier molecular flexibility index (Phi) is 25.1. The number of carbonyl (C=O) groups is 4. The topological polar surface area (TPSA) is 150 Å². The maximum atomic E-state index is 13.7. The van der Waals surface area contributed by atoms with Gasteiger partial charge in [-0.05, 0) is 167 Å². The fourth-order valence-corrected chi connectivity index (χ4v) is 16.1. The van der Waals surface area contributed by atoms with Gasteiger partial charge in [-0.25, -0.2) is 39.5 Å². The molecule has 0 radical (unpaired) electrons. The van der Waals surface area contributed by atoms with E-state index in [0.717, 1.165) is 94.1 Å². The second kappa shape index (κ2) is 33.4. The number of benzene rings is 3. The van der Waals surface area contributed by atoms with E-state index in [1.165, 1.54) is 75.6 Å². The summed E-state index contributed by atoms with van der Waals surface area (Å²) in [7, 11) is 0. The summed E-state index contributed by atoms with van der Waals surface area (Å²) in [4.78, 5) is 59.1. The first-order valence-corrected chi connectivity index (χ1v) is 36.4. The number of aryl methyl sites for hydroxylation is 1. The third-order valence-corrected chi connectivity index (χ3v) is 22.2. The van der Waals surface area contributed by atoms with E-state index in [2.05, 4.69) is 20.6 Å². The monoisotopic (exact) mass is 1540 g/mol. The van der Waals surface area contributed by atoms with Gasteiger partial charge in [0.15, 0.2) is 11.4 Å². The van der Waals surface area contributed by atoms with Gasteiger partial charge >= 0.3 is 12.4 Å². The van der Waals surface area contributed by atoms with Gasteiger partial charge in [0.25, 0.3) is 17.8 Å². The summed E-state index contributed by atoms with van der Waals surface area (Å²) in [6.45, 7) is 3.39. The normalized spacial score (nSPS) is 22.6. The molecule has 16 nitrogen and oxygen atoms in total. The van der Waals surface area contributed by atoms with Crippen molar-refractivity contribution in [3.05, 3.63) is 158 Å². The summed E-state index contributed by atoms with van der Waals surface area (Å²) < 4.78 is 202. The van der Waals surface area contributed by atoms with Crippen molar-refractivity contribution in [2.24, 2.45) is 17.8 Å². The Balaban J connectivity index is 0.000000154. The van der Waals surface area contributed by atoms with Gasteiger partial charge < -0.3 is 20.0 Å². The molecule has 3 aromatic heterocycles. The molecule has 1 N–H and O–H groups in total. The number of hydrogen-bond donors (Lipinski definition) is 1.